The number of hydrogen-bond acceptors (Lipinski definition) is 4. The van der Waals surface area contributed by atoms with Gasteiger partial charge in [0.05, 0.1) is 19.1 Å². The van der Waals surface area contributed by atoms with E-state index in [0.717, 1.165) is 39.4 Å². The molecule has 0 saturated carbocycles. The van der Waals surface area contributed by atoms with Crippen LogP contribution in [0.15, 0.2) is 47.8 Å². The van der Waals surface area contributed by atoms with Gasteiger partial charge < -0.3 is 4.90 Å². The lowest BCUT2D eigenvalue weighted by molar-refractivity contribution is -0.150. The highest BCUT2D eigenvalue weighted by atomic mass is 32.1. The van der Waals surface area contributed by atoms with E-state index in [9.17, 15) is 4.79 Å². The van der Waals surface area contributed by atoms with Crippen molar-refractivity contribution in [3.8, 4) is 0 Å². The summed E-state index contributed by atoms with van der Waals surface area (Å²) in [5.74, 6) is 0.282. The van der Waals surface area contributed by atoms with Crippen molar-refractivity contribution in [3.05, 3.63) is 58.3 Å². The van der Waals surface area contributed by atoms with E-state index in [1.807, 2.05) is 22.3 Å². The highest BCUT2D eigenvalue weighted by Gasteiger charge is 2.38. The Bertz CT molecular complexity index is 665. The summed E-state index contributed by atoms with van der Waals surface area (Å²) in [7, 11) is 0. The minimum atomic E-state index is 0.267. The molecule has 126 valence electrons. The molecule has 5 heteroatoms. The predicted octanol–water partition coefficient (Wildman–Crippen LogP) is 2.80. The van der Waals surface area contributed by atoms with Gasteiger partial charge in [0, 0.05) is 37.6 Å². The third-order valence-electron chi connectivity index (χ3n) is 5.03. The number of thiophene rings is 1. The van der Waals surface area contributed by atoms with E-state index in [0.29, 0.717) is 6.42 Å². The van der Waals surface area contributed by atoms with Crippen LogP contribution in [0.1, 0.15) is 22.9 Å². The van der Waals surface area contributed by atoms with Gasteiger partial charge in [-0.25, -0.2) is 0 Å². The second-order valence-corrected chi connectivity index (χ2v) is 7.64. The molecule has 1 amide bonds. The first kappa shape index (κ1) is 15.8. The standard InChI is InChI=1S/C19H23N3OS/c23-19-13-18(16-5-2-1-3-6-16)22(19)15-21-10-8-20(9-11-21)14-17-7-4-12-24-17/h1-7,12,18H,8-11,13-15H2/t18-/m0/s1. The number of hydrogen-bond donors (Lipinski definition) is 0. The van der Waals surface area contributed by atoms with Crippen molar-refractivity contribution in [2.75, 3.05) is 32.8 Å². The van der Waals surface area contributed by atoms with Gasteiger partial charge in [-0.1, -0.05) is 36.4 Å². The molecule has 0 radical (unpaired) electrons. The van der Waals surface area contributed by atoms with E-state index < -0.39 is 0 Å². The molecule has 4 nitrogen and oxygen atoms in total. The van der Waals surface area contributed by atoms with Crippen molar-refractivity contribution < 1.29 is 4.79 Å². The summed E-state index contributed by atoms with van der Waals surface area (Å²) in [6.07, 6.45) is 0.655. The summed E-state index contributed by atoms with van der Waals surface area (Å²) in [4.78, 5) is 20.4. The summed E-state index contributed by atoms with van der Waals surface area (Å²) in [6, 6.07) is 15.0. The third-order valence-corrected chi connectivity index (χ3v) is 5.89. The third kappa shape index (κ3) is 3.38. The quantitative estimate of drug-likeness (QED) is 0.783. The first-order valence-electron chi connectivity index (χ1n) is 8.61. The van der Waals surface area contributed by atoms with E-state index in [4.69, 9.17) is 0 Å². The normalized spacial score (nSPS) is 22.6. The zero-order valence-corrected chi connectivity index (χ0v) is 14.6. The minimum Gasteiger partial charge on any atom is -0.322 e. The number of amides is 1. The van der Waals surface area contributed by atoms with Crippen LogP contribution in [0.5, 0.6) is 0 Å². The van der Waals surface area contributed by atoms with Gasteiger partial charge in [-0.05, 0) is 17.0 Å². The van der Waals surface area contributed by atoms with Crippen LogP contribution in [-0.4, -0.2) is 53.5 Å². The minimum absolute atomic E-state index is 0.267. The number of rotatable bonds is 5. The number of carbonyl (C=O) groups excluding carboxylic acids is 1. The van der Waals surface area contributed by atoms with Gasteiger partial charge in [0.2, 0.25) is 5.91 Å². The van der Waals surface area contributed by atoms with Crippen LogP contribution in [0, 0.1) is 0 Å². The van der Waals surface area contributed by atoms with E-state index in [1.165, 1.54) is 10.4 Å². The molecule has 24 heavy (non-hydrogen) atoms. The molecule has 0 spiro atoms. The molecule has 2 aliphatic rings. The molecular formula is C19H23N3OS. The van der Waals surface area contributed by atoms with Crippen molar-refractivity contribution >= 4 is 17.2 Å². The lowest BCUT2D eigenvalue weighted by Gasteiger charge is -2.45. The molecule has 2 saturated heterocycles. The molecule has 2 fully saturated rings. The van der Waals surface area contributed by atoms with Gasteiger partial charge in [0.15, 0.2) is 0 Å². The Balaban J connectivity index is 1.29. The molecule has 0 aliphatic carbocycles. The number of carbonyl (C=O) groups is 1. The highest BCUT2D eigenvalue weighted by molar-refractivity contribution is 7.09. The summed E-state index contributed by atoms with van der Waals surface area (Å²) >= 11 is 1.83. The van der Waals surface area contributed by atoms with Gasteiger partial charge in [-0.3, -0.25) is 14.6 Å². The van der Waals surface area contributed by atoms with Crippen molar-refractivity contribution in [1.82, 2.24) is 14.7 Å². The largest absolute Gasteiger partial charge is 0.322 e. The summed E-state index contributed by atoms with van der Waals surface area (Å²) < 4.78 is 0. The Morgan fingerprint density at radius 2 is 1.71 bits per heavy atom. The summed E-state index contributed by atoms with van der Waals surface area (Å²) in [6.45, 7) is 6.06. The predicted molar refractivity (Wildman–Crippen MR) is 96.7 cm³/mol. The van der Waals surface area contributed by atoms with E-state index in [1.54, 1.807) is 0 Å². The van der Waals surface area contributed by atoms with Crippen LogP contribution in [0.25, 0.3) is 0 Å². The molecule has 4 rings (SSSR count). The molecular weight excluding hydrogens is 318 g/mol. The van der Waals surface area contributed by atoms with Crippen LogP contribution in [0.2, 0.25) is 0 Å². The smallest absolute Gasteiger partial charge is 0.226 e. The topological polar surface area (TPSA) is 26.8 Å². The van der Waals surface area contributed by atoms with Crippen molar-refractivity contribution in [1.29, 1.82) is 0 Å². The second-order valence-electron chi connectivity index (χ2n) is 6.61. The monoisotopic (exact) mass is 341 g/mol. The first-order chi connectivity index (χ1) is 11.8. The van der Waals surface area contributed by atoms with Crippen molar-refractivity contribution in [2.45, 2.75) is 19.0 Å². The Morgan fingerprint density at radius 1 is 0.958 bits per heavy atom. The Kier molecular flexibility index (Phi) is 4.65. The fourth-order valence-corrected chi connectivity index (χ4v) is 4.28. The molecule has 1 aromatic heterocycles. The number of likely N-dealkylation sites (tertiary alicyclic amines) is 1. The fraction of sp³-hybridized carbons (Fsp3) is 0.421. The lowest BCUT2D eigenvalue weighted by Crippen LogP contribution is -2.55. The fourth-order valence-electron chi connectivity index (χ4n) is 3.53. The maximum Gasteiger partial charge on any atom is 0.226 e. The second kappa shape index (κ2) is 7.05. The molecule has 0 N–H and O–H groups in total. The summed E-state index contributed by atoms with van der Waals surface area (Å²) in [5, 5.41) is 2.14. The molecule has 0 unspecified atom stereocenters. The SMILES string of the molecule is O=C1C[C@@H](c2ccccc2)N1CN1CCN(Cc2cccs2)CC1. The Morgan fingerprint density at radius 3 is 2.38 bits per heavy atom. The van der Waals surface area contributed by atoms with Crippen LogP contribution < -0.4 is 0 Å². The molecule has 2 aromatic rings. The highest BCUT2D eigenvalue weighted by Crippen LogP contribution is 2.34. The van der Waals surface area contributed by atoms with E-state index in [2.05, 4.69) is 51.6 Å². The van der Waals surface area contributed by atoms with Gasteiger partial charge in [0.1, 0.15) is 0 Å². The van der Waals surface area contributed by atoms with Crippen LogP contribution in [0.3, 0.4) is 0 Å². The lowest BCUT2D eigenvalue weighted by atomic mass is 9.94. The molecule has 1 aromatic carbocycles. The van der Waals surface area contributed by atoms with Crippen LogP contribution in [-0.2, 0) is 11.3 Å². The number of β-lactam (4-membered cyclic amide) rings is 1. The molecule has 3 heterocycles. The maximum atomic E-state index is 12.1. The van der Waals surface area contributed by atoms with Crippen LogP contribution >= 0.6 is 11.3 Å². The molecule has 1 atom stereocenters. The number of benzene rings is 1. The van der Waals surface area contributed by atoms with Crippen molar-refractivity contribution in [3.63, 3.8) is 0 Å². The Hall–Kier alpha value is -1.69. The first-order valence-corrected chi connectivity index (χ1v) is 9.49. The Labute approximate surface area is 147 Å². The van der Waals surface area contributed by atoms with Gasteiger partial charge >= 0.3 is 0 Å². The number of nitrogens with zero attached hydrogens (tertiary/aromatic N) is 3. The average Bonchev–Trinajstić information content (AvgIpc) is 3.13. The number of piperazine rings is 1. The zero-order chi connectivity index (χ0) is 16.4. The van der Waals surface area contributed by atoms with E-state index >= 15 is 0 Å². The molecule has 0 bridgehead atoms. The van der Waals surface area contributed by atoms with Crippen LogP contribution in [0.4, 0.5) is 0 Å². The maximum absolute atomic E-state index is 12.1. The molecule has 2 aliphatic heterocycles. The van der Waals surface area contributed by atoms with Gasteiger partial charge in [0.25, 0.3) is 0 Å². The average molecular weight is 341 g/mol. The zero-order valence-electron chi connectivity index (χ0n) is 13.8. The van der Waals surface area contributed by atoms with Gasteiger partial charge in [-0.2, -0.15) is 0 Å². The van der Waals surface area contributed by atoms with Crippen molar-refractivity contribution in [2.24, 2.45) is 0 Å². The summed E-state index contributed by atoms with van der Waals surface area (Å²) in [5.41, 5.74) is 1.26. The van der Waals surface area contributed by atoms with E-state index in [-0.39, 0.29) is 11.9 Å². The van der Waals surface area contributed by atoms with Gasteiger partial charge in [-0.15, -0.1) is 11.3 Å².